The van der Waals surface area contributed by atoms with Crippen molar-refractivity contribution in [3.63, 3.8) is 0 Å². The SMILES string of the molecule is CCC(COC1COC1)CS(=O)(=O)Cl. The molecule has 0 bridgehead atoms. The van der Waals surface area contributed by atoms with Crippen molar-refractivity contribution in [2.45, 2.75) is 19.4 Å². The zero-order chi connectivity index (χ0) is 10.6. The number of hydrogen-bond acceptors (Lipinski definition) is 4. The van der Waals surface area contributed by atoms with Crippen LogP contribution in [0, 0.1) is 5.92 Å². The van der Waals surface area contributed by atoms with Gasteiger partial charge >= 0.3 is 0 Å². The summed E-state index contributed by atoms with van der Waals surface area (Å²) >= 11 is 0. The molecular weight excluding hydrogens is 228 g/mol. The smallest absolute Gasteiger partial charge is 0.232 e. The summed E-state index contributed by atoms with van der Waals surface area (Å²) in [7, 11) is 1.75. The minimum atomic E-state index is -3.41. The van der Waals surface area contributed by atoms with Crippen LogP contribution in [0.4, 0.5) is 0 Å². The lowest BCUT2D eigenvalue weighted by molar-refractivity contribution is -0.135. The first-order valence-electron chi connectivity index (χ1n) is 4.63. The summed E-state index contributed by atoms with van der Waals surface area (Å²) < 4.78 is 32.0. The van der Waals surface area contributed by atoms with Gasteiger partial charge in [0.2, 0.25) is 9.05 Å². The maximum atomic E-state index is 10.8. The molecule has 0 aromatic heterocycles. The van der Waals surface area contributed by atoms with E-state index in [0.29, 0.717) is 19.8 Å². The summed E-state index contributed by atoms with van der Waals surface area (Å²) in [5.41, 5.74) is 0. The predicted molar refractivity (Wildman–Crippen MR) is 54.0 cm³/mol. The molecule has 0 N–H and O–H groups in total. The molecule has 1 rings (SSSR count). The van der Waals surface area contributed by atoms with Gasteiger partial charge in [-0.15, -0.1) is 0 Å². The first-order chi connectivity index (χ1) is 6.51. The molecule has 0 aromatic carbocycles. The van der Waals surface area contributed by atoms with Gasteiger partial charge in [0.15, 0.2) is 0 Å². The predicted octanol–water partition coefficient (Wildman–Crippen LogP) is 0.997. The minimum Gasteiger partial charge on any atom is -0.376 e. The van der Waals surface area contributed by atoms with Crippen molar-refractivity contribution in [1.82, 2.24) is 0 Å². The summed E-state index contributed by atoms with van der Waals surface area (Å²) in [5, 5.41) is 0. The van der Waals surface area contributed by atoms with Crippen LogP contribution in [-0.2, 0) is 18.5 Å². The Labute approximate surface area is 88.9 Å². The van der Waals surface area contributed by atoms with E-state index in [1.807, 2.05) is 6.92 Å². The molecule has 1 heterocycles. The second-order valence-electron chi connectivity index (χ2n) is 3.47. The molecule has 1 saturated heterocycles. The standard InChI is InChI=1S/C8H15ClO4S/c1-2-7(6-14(9,10)11)3-13-8-4-12-5-8/h7-8H,2-6H2,1H3. The average molecular weight is 243 g/mol. The molecule has 0 saturated carbocycles. The molecule has 0 amide bonds. The van der Waals surface area contributed by atoms with Crippen LogP contribution < -0.4 is 0 Å². The second-order valence-corrected chi connectivity index (χ2v) is 6.29. The van der Waals surface area contributed by atoms with E-state index in [-0.39, 0.29) is 17.8 Å². The Morgan fingerprint density at radius 2 is 2.21 bits per heavy atom. The summed E-state index contributed by atoms with van der Waals surface area (Å²) in [6, 6.07) is 0. The van der Waals surface area contributed by atoms with Gasteiger partial charge in [-0.2, -0.15) is 0 Å². The fourth-order valence-corrected chi connectivity index (χ4v) is 2.58. The lowest BCUT2D eigenvalue weighted by Crippen LogP contribution is -2.37. The van der Waals surface area contributed by atoms with Crippen molar-refractivity contribution in [3.8, 4) is 0 Å². The molecule has 0 radical (unpaired) electrons. The van der Waals surface area contributed by atoms with Crippen LogP contribution in [0.3, 0.4) is 0 Å². The maximum absolute atomic E-state index is 10.8. The highest BCUT2D eigenvalue weighted by Crippen LogP contribution is 2.13. The summed E-state index contributed by atoms with van der Waals surface area (Å²) in [6.07, 6.45) is 0.890. The summed E-state index contributed by atoms with van der Waals surface area (Å²) in [5.74, 6) is -0.0309. The normalized spacial score (nSPS) is 20.4. The Kier molecular flexibility index (Phi) is 4.63. The molecule has 6 heteroatoms. The third-order valence-corrected chi connectivity index (χ3v) is 3.43. The van der Waals surface area contributed by atoms with Crippen LogP contribution in [0.15, 0.2) is 0 Å². The summed E-state index contributed by atoms with van der Waals surface area (Å²) in [6.45, 7) is 3.60. The number of halogens is 1. The van der Waals surface area contributed by atoms with E-state index >= 15 is 0 Å². The molecule has 14 heavy (non-hydrogen) atoms. The van der Waals surface area contributed by atoms with Crippen LogP contribution in [0.1, 0.15) is 13.3 Å². The van der Waals surface area contributed by atoms with Crippen molar-refractivity contribution >= 4 is 19.7 Å². The van der Waals surface area contributed by atoms with Crippen molar-refractivity contribution < 1.29 is 17.9 Å². The van der Waals surface area contributed by atoms with Gasteiger partial charge in [0.25, 0.3) is 0 Å². The van der Waals surface area contributed by atoms with Gasteiger partial charge in [-0.1, -0.05) is 13.3 Å². The largest absolute Gasteiger partial charge is 0.376 e. The van der Waals surface area contributed by atoms with Crippen molar-refractivity contribution in [1.29, 1.82) is 0 Å². The van der Waals surface area contributed by atoms with Gasteiger partial charge < -0.3 is 9.47 Å². The lowest BCUT2D eigenvalue weighted by Gasteiger charge is -2.27. The highest BCUT2D eigenvalue weighted by atomic mass is 35.7. The van der Waals surface area contributed by atoms with E-state index < -0.39 is 9.05 Å². The van der Waals surface area contributed by atoms with E-state index in [4.69, 9.17) is 20.2 Å². The Hall–Kier alpha value is 0.160. The highest BCUT2D eigenvalue weighted by Gasteiger charge is 2.22. The molecule has 1 fully saturated rings. The Bertz CT molecular complexity index is 261. The number of ether oxygens (including phenoxy) is 2. The van der Waals surface area contributed by atoms with E-state index in [1.54, 1.807) is 0 Å². The molecule has 1 aliphatic heterocycles. The Morgan fingerprint density at radius 3 is 2.57 bits per heavy atom. The third-order valence-electron chi connectivity index (χ3n) is 2.19. The molecule has 1 atom stereocenters. The quantitative estimate of drug-likeness (QED) is 0.652. The van der Waals surface area contributed by atoms with E-state index in [2.05, 4.69) is 0 Å². The van der Waals surface area contributed by atoms with Gasteiger partial charge in [-0.3, -0.25) is 0 Å². The van der Waals surface area contributed by atoms with Crippen LogP contribution >= 0.6 is 10.7 Å². The van der Waals surface area contributed by atoms with E-state index in [9.17, 15) is 8.42 Å². The fraction of sp³-hybridized carbons (Fsp3) is 1.00. The van der Waals surface area contributed by atoms with Crippen molar-refractivity contribution in [3.05, 3.63) is 0 Å². The minimum absolute atomic E-state index is 0.0152. The number of rotatable bonds is 6. The van der Waals surface area contributed by atoms with Gasteiger partial charge in [0.1, 0.15) is 6.10 Å². The van der Waals surface area contributed by atoms with Gasteiger partial charge in [0.05, 0.1) is 25.6 Å². The first kappa shape index (κ1) is 12.2. The van der Waals surface area contributed by atoms with E-state index in [0.717, 1.165) is 6.42 Å². The average Bonchev–Trinajstić information content (AvgIpc) is 1.97. The van der Waals surface area contributed by atoms with Gasteiger partial charge in [-0.25, -0.2) is 8.42 Å². The Morgan fingerprint density at radius 1 is 1.57 bits per heavy atom. The monoisotopic (exact) mass is 242 g/mol. The molecule has 84 valence electrons. The maximum Gasteiger partial charge on any atom is 0.232 e. The molecule has 0 aliphatic carbocycles. The molecule has 0 spiro atoms. The van der Waals surface area contributed by atoms with Crippen LogP contribution in [0.5, 0.6) is 0 Å². The molecular formula is C8H15ClO4S. The van der Waals surface area contributed by atoms with Crippen LogP contribution in [0.2, 0.25) is 0 Å². The van der Waals surface area contributed by atoms with Gasteiger partial charge in [0, 0.05) is 10.7 Å². The fourth-order valence-electron chi connectivity index (χ4n) is 1.15. The molecule has 4 nitrogen and oxygen atoms in total. The zero-order valence-corrected chi connectivity index (χ0v) is 9.68. The molecule has 1 aliphatic rings. The van der Waals surface area contributed by atoms with E-state index in [1.165, 1.54) is 0 Å². The summed E-state index contributed by atoms with van der Waals surface area (Å²) in [4.78, 5) is 0. The molecule has 1 unspecified atom stereocenters. The first-order valence-corrected chi connectivity index (χ1v) is 7.10. The van der Waals surface area contributed by atoms with Crippen LogP contribution in [-0.4, -0.2) is 40.1 Å². The van der Waals surface area contributed by atoms with Gasteiger partial charge in [-0.05, 0) is 5.92 Å². The Balaban J connectivity index is 2.23. The lowest BCUT2D eigenvalue weighted by atomic mass is 10.1. The topological polar surface area (TPSA) is 52.6 Å². The van der Waals surface area contributed by atoms with Crippen molar-refractivity contribution in [2.24, 2.45) is 5.92 Å². The second kappa shape index (κ2) is 5.30. The zero-order valence-electron chi connectivity index (χ0n) is 8.11. The van der Waals surface area contributed by atoms with Crippen LogP contribution in [0.25, 0.3) is 0 Å². The highest BCUT2D eigenvalue weighted by molar-refractivity contribution is 8.13. The van der Waals surface area contributed by atoms with Crippen molar-refractivity contribution in [2.75, 3.05) is 25.6 Å². The number of hydrogen-bond donors (Lipinski definition) is 0. The third kappa shape index (κ3) is 4.59. The molecule has 0 aromatic rings.